The first-order valence-corrected chi connectivity index (χ1v) is 25.4. The van der Waals surface area contributed by atoms with Gasteiger partial charge in [-0.2, -0.15) is 19.0 Å². The molecule has 11 rings (SSSR count). The maximum Gasteiger partial charge on any atom is 0.355 e. The van der Waals surface area contributed by atoms with Gasteiger partial charge in [-0.15, -0.1) is 0 Å². The molecule has 3 aromatic heterocycles. The van der Waals surface area contributed by atoms with Crippen LogP contribution < -0.4 is 25.8 Å². The molecule has 5 aliphatic rings. The molecule has 5 amide bonds. The number of likely N-dealkylation sites (tertiary alicyclic amines) is 1. The van der Waals surface area contributed by atoms with Crippen LogP contribution in [0.15, 0.2) is 79.3 Å². The number of rotatable bonds is 13. The molecule has 6 heterocycles. The minimum atomic E-state index is -5.09. The van der Waals surface area contributed by atoms with Gasteiger partial charge in [0.05, 0.1) is 40.0 Å². The molecule has 0 radical (unpaired) electrons. The summed E-state index contributed by atoms with van der Waals surface area (Å²) in [5, 5.41) is 15.7. The standard InChI is InChI=1S/C50H48F3N11O8S/c1-25(26-6-9-30(51)10-7-26)72-38-20-27(8-11-35(38)60-73(70,71)49(52)53)42-41-43(61(2)59-42)34(23-55-44(41)54)29-22-56-63(24-29)32-14-17-62(50(21-32)15-16-50)46(67)28-18-31(19-28)57-36-5-3-4-33-40(36)48(69)64(47(33)68)37-12-13-39(65)58-45(37)66/h3-11,20,22-25,28,31-32,37,49,57,60H,12-19,21H2,1-2H3,(H2,54,55)(H,58,65,66)/t25-,28?,31?,32?,37+/m0/s1. The average Bonchev–Trinajstić information content (AvgIpc) is 3.63. The number of nitrogens with two attached hydrogens (primary N) is 1. The molecule has 73 heavy (non-hydrogen) atoms. The predicted octanol–water partition coefficient (Wildman–Crippen LogP) is 6.31. The first kappa shape index (κ1) is 47.5. The number of piperidine rings is 2. The zero-order valence-electron chi connectivity index (χ0n) is 39.3. The molecule has 0 bridgehead atoms. The summed E-state index contributed by atoms with van der Waals surface area (Å²) in [7, 11) is -3.36. The molecule has 378 valence electrons. The van der Waals surface area contributed by atoms with Gasteiger partial charge in [0.2, 0.25) is 17.7 Å². The molecule has 2 saturated heterocycles. The highest BCUT2D eigenvalue weighted by atomic mass is 32.2. The van der Waals surface area contributed by atoms with Crippen molar-refractivity contribution < 1.29 is 50.3 Å². The number of nitrogens with one attached hydrogen (secondary N) is 3. The van der Waals surface area contributed by atoms with E-state index in [2.05, 4.69) is 15.6 Å². The number of benzene rings is 3. The van der Waals surface area contributed by atoms with Gasteiger partial charge in [0.15, 0.2) is 0 Å². The summed E-state index contributed by atoms with van der Waals surface area (Å²) in [4.78, 5) is 73.0. The molecule has 3 aliphatic heterocycles. The number of hydrogen-bond donors (Lipinski definition) is 4. The number of carbonyl (C=O) groups is 5. The number of nitrogens with zero attached hydrogens (tertiary/aromatic N) is 7. The van der Waals surface area contributed by atoms with Gasteiger partial charge in [-0.1, -0.05) is 24.3 Å². The van der Waals surface area contributed by atoms with Crippen molar-refractivity contribution in [2.45, 2.75) is 93.8 Å². The number of alkyl halides is 2. The van der Waals surface area contributed by atoms with E-state index < -0.39 is 57.4 Å². The molecule has 3 atom stereocenters. The third kappa shape index (κ3) is 8.37. The maximum absolute atomic E-state index is 14.1. The number of aromatic nitrogens is 5. The second-order valence-corrected chi connectivity index (χ2v) is 21.1. The van der Waals surface area contributed by atoms with Gasteiger partial charge in [-0.3, -0.25) is 48.3 Å². The van der Waals surface area contributed by atoms with Crippen LogP contribution in [0, 0.1) is 11.7 Å². The van der Waals surface area contributed by atoms with Crippen molar-refractivity contribution in [1.29, 1.82) is 0 Å². The Morgan fingerprint density at radius 2 is 1.73 bits per heavy atom. The van der Waals surface area contributed by atoms with E-state index in [9.17, 15) is 45.6 Å². The van der Waals surface area contributed by atoms with Crippen LogP contribution in [-0.4, -0.2) is 102 Å². The van der Waals surface area contributed by atoms with Crippen LogP contribution in [0.4, 0.5) is 30.4 Å². The Morgan fingerprint density at radius 1 is 0.959 bits per heavy atom. The smallest absolute Gasteiger partial charge is 0.355 e. The Kier molecular flexibility index (Phi) is 11.5. The van der Waals surface area contributed by atoms with Crippen molar-refractivity contribution in [3.63, 3.8) is 0 Å². The monoisotopic (exact) mass is 1020 g/mol. The van der Waals surface area contributed by atoms with Crippen LogP contribution in [0.25, 0.3) is 33.3 Å². The minimum Gasteiger partial charge on any atom is -0.484 e. The van der Waals surface area contributed by atoms with Crippen LogP contribution >= 0.6 is 0 Å². The summed E-state index contributed by atoms with van der Waals surface area (Å²) in [6.45, 7) is 2.19. The number of imide groups is 2. The van der Waals surface area contributed by atoms with E-state index in [4.69, 9.17) is 20.7 Å². The summed E-state index contributed by atoms with van der Waals surface area (Å²) in [6, 6.07) is 13.5. The lowest BCUT2D eigenvalue weighted by molar-refractivity contribution is -0.144. The number of fused-ring (bicyclic) bond motifs is 2. The lowest BCUT2D eigenvalue weighted by atomic mass is 9.78. The molecule has 2 aliphatic carbocycles. The highest BCUT2D eigenvalue weighted by Crippen LogP contribution is 2.53. The maximum atomic E-state index is 14.1. The first-order chi connectivity index (χ1) is 34.9. The fourth-order valence-electron chi connectivity index (χ4n) is 10.8. The number of anilines is 3. The highest BCUT2D eigenvalue weighted by molar-refractivity contribution is 7.93. The second kappa shape index (κ2) is 17.7. The molecular formula is C50H48F3N11O8S. The van der Waals surface area contributed by atoms with Crippen molar-refractivity contribution in [2.75, 3.05) is 22.3 Å². The summed E-state index contributed by atoms with van der Waals surface area (Å²) >= 11 is 0. The van der Waals surface area contributed by atoms with Crippen molar-refractivity contribution in [1.82, 2.24) is 39.7 Å². The molecule has 1 spiro atoms. The topological polar surface area (TPSA) is 246 Å². The lowest BCUT2D eigenvalue weighted by Gasteiger charge is -2.45. The van der Waals surface area contributed by atoms with E-state index in [1.807, 2.05) is 20.5 Å². The SMILES string of the molecule is C[C@H](Oc1cc(-c2nn(C)c3c(-c4cnn(C5CCN(C(=O)C6CC(Nc7cccc8c7C(=O)N([C@@H]7CCC(=O)NC7=O)C8=O)C6)C6(CC6)C5)c4)cnc(N)c23)ccc1NS(=O)(=O)C(F)F)c1ccc(F)cc1. The number of sulfonamides is 1. The van der Waals surface area contributed by atoms with E-state index in [1.54, 1.807) is 49.2 Å². The summed E-state index contributed by atoms with van der Waals surface area (Å²) in [5.41, 5.74) is 10.2. The van der Waals surface area contributed by atoms with Crippen LogP contribution in [0.5, 0.6) is 5.75 Å². The van der Waals surface area contributed by atoms with Crippen LogP contribution in [-0.2, 0) is 31.5 Å². The van der Waals surface area contributed by atoms with E-state index >= 15 is 0 Å². The Hall–Kier alpha value is -7.82. The number of halogens is 3. The zero-order valence-corrected chi connectivity index (χ0v) is 40.2. The van der Waals surface area contributed by atoms with Crippen LogP contribution in [0.2, 0.25) is 0 Å². The van der Waals surface area contributed by atoms with Crippen molar-refractivity contribution in [3.05, 3.63) is 102 Å². The normalized spacial score (nSPS) is 21.8. The molecule has 23 heteroatoms. The van der Waals surface area contributed by atoms with Crippen molar-refractivity contribution in [3.8, 4) is 28.1 Å². The third-order valence-corrected chi connectivity index (χ3v) is 15.8. The van der Waals surface area contributed by atoms with Gasteiger partial charge in [0.25, 0.3) is 21.8 Å². The Labute approximate surface area is 415 Å². The predicted molar refractivity (Wildman–Crippen MR) is 259 cm³/mol. The Morgan fingerprint density at radius 3 is 2.45 bits per heavy atom. The molecule has 6 aromatic rings. The molecule has 19 nitrogen and oxygen atoms in total. The zero-order chi connectivity index (χ0) is 51.2. The largest absolute Gasteiger partial charge is 0.484 e. The van der Waals surface area contributed by atoms with Crippen molar-refractivity contribution >= 4 is 67.7 Å². The lowest BCUT2D eigenvalue weighted by Crippen LogP contribution is -2.54. The number of nitrogen functional groups attached to an aromatic ring is 1. The van der Waals surface area contributed by atoms with Gasteiger partial charge < -0.3 is 20.7 Å². The number of carbonyl (C=O) groups excluding carboxylic acids is 5. The van der Waals surface area contributed by atoms with Crippen LogP contribution in [0.3, 0.4) is 0 Å². The number of aryl methyl sites for hydroxylation is 1. The summed E-state index contributed by atoms with van der Waals surface area (Å²) in [5.74, 6) is -6.57. The number of amides is 5. The van der Waals surface area contributed by atoms with Crippen LogP contribution in [0.1, 0.15) is 96.7 Å². The van der Waals surface area contributed by atoms with Gasteiger partial charge >= 0.3 is 5.76 Å². The molecular weight excluding hydrogens is 972 g/mol. The quantitative estimate of drug-likeness (QED) is 0.0928. The van der Waals surface area contributed by atoms with Crippen molar-refractivity contribution in [2.24, 2.45) is 13.0 Å². The van der Waals surface area contributed by atoms with E-state index in [0.29, 0.717) is 71.2 Å². The van der Waals surface area contributed by atoms with Gasteiger partial charge in [0, 0.05) is 72.3 Å². The minimum absolute atomic E-state index is 0.00710. The highest BCUT2D eigenvalue weighted by Gasteiger charge is 2.56. The number of pyridine rings is 1. The fraction of sp³-hybridized carbons (Fsp3) is 0.360. The van der Waals surface area contributed by atoms with Gasteiger partial charge in [-0.05, 0) is 93.8 Å². The Balaban J connectivity index is 0.777. The molecule has 3 aromatic carbocycles. The van der Waals surface area contributed by atoms with E-state index in [-0.39, 0.29) is 70.7 Å². The van der Waals surface area contributed by atoms with Gasteiger partial charge in [0.1, 0.15) is 35.2 Å². The molecule has 2 saturated carbocycles. The average molecular weight is 1020 g/mol. The Bertz CT molecular complexity index is 3410. The summed E-state index contributed by atoms with van der Waals surface area (Å²) < 4.78 is 77.0. The number of hydrogen-bond acceptors (Lipinski definition) is 13. The second-order valence-electron chi connectivity index (χ2n) is 19.4. The molecule has 4 fully saturated rings. The van der Waals surface area contributed by atoms with E-state index in [0.717, 1.165) is 23.3 Å². The molecule has 5 N–H and O–H groups in total. The molecule has 1 unspecified atom stereocenters. The third-order valence-electron chi connectivity index (χ3n) is 14.8. The van der Waals surface area contributed by atoms with E-state index in [1.165, 1.54) is 42.5 Å². The number of ether oxygens (including phenoxy) is 1. The fourth-order valence-corrected chi connectivity index (χ4v) is 11.4. The first-order valence-electron chi connectivity index (χ1n) is 23.8. The van der Waals surface area contributed by atoms with Gasteiger partial charge in [-0.25, -0.2) is 17.8 Å². The summed E-state index contributed by atoms with van der Waals surface area (Å²) in [6.07, 6.45) is 8.82.